The number of Topliss-reactive ketones (excluding diaryl/α,β-unsaturated/α-hetero) is 3. The van der Waals surface area contributed by atoms with Crippen LogP contribution in [-0.4, -0.2) is 17.3 Å². The zero-order valence-electron chi connectivity index (χ0n) is 19.6. The molecule has 0 aliphatic rings. The Bertz CT molecular complexity index is 756. The molecule has 0 bridgehead atoms. The summed E-state index contributed by atoms with van der Waals surface area (Å²) in [5.41, 5.74) is 3.26. The van der Waals surface area contributed by atoms with Gasteiger partial charge in [0.1, 0.15) is 0 Å². The molecule has 2 rings (SSSR count). The molecular formula is C27H38O3. The van der Waals surface area contributed by atoms with Crippen LogP contribution in [0.2, 0.25) is 0 Å². The lowest BCUT2D eigenvalue weighted by molar-refractivity contribution is 0.0969. The highest BCUT2D eigenvalue weighted by molar-refractivity contribution is 5.99. The van der Waals surface area contributed by atoms with Crippen molar-refractivity contribution in [2.45, 2.75) is 80.1 Å². The number of hydrogen-bond donors (Lipinski definition) is 0. The van der Waals surface area contributed by atoms with Gasteiger partial charge in [-0.25, -0.2) is 0 Å². The molecule has 0 aromatic heterocycles. The zero-order valence-corrected chi connectivity index (χ0v) is 19.6. The second kappa shape index (κ2) is 16.3. The van der Waals surface area contributed by atoms with Gasteiger partial charge >= 0.3 is 0 Å². The van der Waals surface area contributed by atoms with Gasteiger partial charge in [-0.05, 0) is 38.2 Å². The van der Waals surface area contributed by atoms with Gasteiger partial charge in [0.05, 0.1) is 0 Å². The maximum atomic E-state index is 12.3. The van der Waals surface area contributed by atoms with Crippen LogP contribution in [0.4, 0.5) is 0 Å². The predicted molar refractivity (Wildman–Crippen MR) is 127 cm³/mol. The topological polar surface area (TPSA) is 51.2 Å². The van der Waals surface area contributed by atoms with E-state index in [4.69, 9.17) is 0 Å². The summed E-state index contributed by atoms with van der Waals surface area (Å²) in [5, 5.41) is 0. The lowest BCUT2D eigenvalue weighted by Gasteiger charge is -2.05. The molecular weight excluding hydrogens is 372 g/mol. The molecule has 3 heteroatoms. The van der Waals surface area contributed by atoms with E-state index in [9.17, 15) is 14.4 Å². The Morgan fingerprint density at radius 2 is 1.07 bits per heavy atom. The Kier molecular flexibility index (Phi) is 14.9. The molecule has 0 fully saturated rings. The maximum Gasteiger partial charge on any atom is 0.162 e. The van der Waals surface area contributed by atoms with Crippen LogP contribution in [0, 0.1) is 0 Å². The van der Waals surface area contributed by atoms with Crippen molar-refractivity contribution in [3.63, 3.8) is 0 Å². The largest absolute Gasteiger partial charge is 0.295 e. The smallest absolute Gasteiger partial charge is 0.162 e. The van der Waals surface area contributed by atoms with Crippen LogP contribution in [0.1, 0.15) is 110 Å². The molecule has 2 aromatic rings. The van der Waals surface area contributed by atoms with Crippen LogP contribution >= 0.6 is 0 Å². The van der Waals surface area contributed by atoms with E-state index in [1.54, 1.807) is 31.2 Å². The van der Waals surface area contributed by atoms with Crippen molar-refractivity contribution < 1.29 is 14.4 Å². The third kappa shape index (κ3) is 9.78. The molecule has 3 nitrogen and oxygen atoms in total. The number of aryl methyl sites for hydroxylation is 1. The molecule has 30 heavy (non-hydrogen) atoms. The fraction of sp³-hybridized carbons (Fsp3) is 0.444. The quantitative estimate of drug-likeness (QED) is 0.300. The van der Waals surface area contributed by atoms with E-state index in [0.717, 1.165) is 31.2 Å². The first-order valence-corrected chi connectivity index (χ1v) is 11.3. The average molecular weight is 411 g/mol. The SMILES string of the molecule is CC.CC.CCCC(=O)c1ccc(C(=O)CCCCc2ccc(C(C)=O)cc2)cc1. The Hall–Kier alpha value is -2.55. The van der Waals surface area contributed by atoms with Crippen LogP contribution in [0.5, 0.6) is 0 Å². The Morgan fingerprint density at radius 3 is 1.50 bits per heavy atom. The number of rotatable bonds is 10. The van der Waals surface area contributed by atoms with Crippen molar-refractivity contribution in [2.24, 2.45) is 0 Å². The summed E-state index contributed by atoms with van der Waals surface area (Å²) in [4.78, 5) is 35.3. The fourth-order valence-corrected chi connectivity index (χ4v) is 2.88. The fourth-order valence-electron chi connectivity index (χ4n) is 2.88. The molecule has 0 atom stereocenters. The van der Waals surface area contributed by atoms with Gasteiger partial charge in [-0.15, -0.1) is 0 Å². The third-order valence-corrected chi connectivity index (χ3v) is 4.49. The zero-order chi connectivity index (χ0) is 22.9. The van der Waals surface area contributed by atoms with Gasteiger partial charge in [0.15, 0.2) is 17.3 Å². The van der Waals surface area contributed by atoms with Crippen molar-refractivity contribution in [3.05, 3.63) is 70.8 Å². The molecule has 2 aromatic carbocycles. The molecule has 0 saturated carbocycles. The molecule has 0 heterocycles. The Labute approximate surface area is 182 Å². The molecule has 0 N–H and O–H groups in total. The lowest BCUT2D eigenvalue weighted by Crippen LogP contribution is -2.02. The van der Waals surface area contributed by atoms with Crippen LogP contribution in [0.3, 0.4) is 0 Å². The van der Waals surface area contributed by atoms with Gasteiger partial charge in [-0.3, -0.25) is 14.4 Å². The highest BCUT2D eigenvalue weighted by Gasteiger charge is 2.08. The van der Waals surface area contributed by atoms with E-state index in [1.807, 2.05) is 58.9 Å². The summed E-state index contributed by atoms with van der Waals surface area (Å²) in [6.45, 7) is 11.5. The first-order chi connectivity index (χ1) is 14.5. The summed E-state index contributed by atoms with van der Waals surface area (Å²) in [6, 6.07) is 14.7. The molecule has 0 saturated heterocycles. The minimum absolute atomic E-state index is 0.0737. The standard InChI is InChI=1S/C23H26O3.2C2H6/c1-3-6-22(25)20-13-15-21(16-14-20)23(26)8-5-4-7-18-9-11-19(12-10-18)17(2)24;2*1-2/h9-16H,3-8H2,1-2H3;2*1-2H3. The highest BCUT2D eigenvalue weighted by atomic mass is 16.1. The van der Waals surface area contributed by atoms with Crippen LogP contribution in [0.25, 0.3) is 0 Å². The van der Waals surface area contributed by atoms with Gasteiger partial charge in [-0.1, -0.05) is 83.1 Å². The highest BCUT2D eigenvalue weighted by Crippen LogP contribution is 2.13. The molecule has 0 aliphatic heterocycles. The molecule has 0 spiro atoms. The molecule has 0 radical (unpaired) electrons. The first-order valence-electron chi connectivity index (χ1n) is 11.3. The summed E-state index contributed by atoms with van der Waals surface area (Å²) in [7, 11) is 0. The monoisotopic (exact) mass is 410 g/mol. The Balaban J connectivity index is 0.00000198. The third-order valence-electron chi connectivity index (χ3n) is 4.49. The van der Waals surface area contributed by atoms with E-state index in [2.05, 4.69) is 0 Å². The number of benzene rings is 2. The number of hydrogen-bond acceptors (Lipinski definition) is 3. The van der Waals surface area contributed by atoms with Gasteiger partial charge in [0.25, 0.3) is 0 Å². The van der Waals surface area contributed by atoms with Crippen molar-refractivity contribution in [3.8, 4) is 0 Å². The second-order valence-electron chi connectivity index (χ2n) is 6.63. The lowest BCUT2D eigenvalue weighted by atomic mass is 9.99. The number of carbonyl (C=O) groups excluding carboxylic acids is 3. The summed E-state index contributed by atoms with van der Waals surface area (Å²) in [6.07, 6.45) is 4.53. The molecule has 0 unspecified atom stereocenters. The summed E-state index contributed by atoms with van der Waals surface area (Å²) < 4.78 is 0. The van der Waals surface area contributed by atoms with Crippen molar-refractivity contribution in [2.75, 3.05) is 0 Å². The van der Waals surface area contributed by atoms with E-state index in [0.29, 0.717) is 24.0 Å². The van der Waals surface area contributed by atoms with Crippen LogP contribution in [0.15, 0.2) is 48.5 Å². The average Bonchev–Trinajstić information content (AvgIpc) is 2.80. The maximum absolute atomic E-state index is 12.3. The first kappa shape index (κ1) is 27.5. The van der Waals surface area contributed by atoms with Crippen LogP contribution in [-0.2, 0) is 6.42 Å². The Morgan fingerprint density at radius 1 is 0.633 bits per heavy atom. The summed E-state index contributed by atoms with van der Waals surface area (Å²) in [5.74, 6) is 0.318. The number of carbonyl (C=O) groups is 3. The van der Waals surface area contributed by atoms with Gasteiger partial charge in [0.2, 0.25) is 0 Å². The predicted octanol–water partition coefficient (Wildman–Crippen LogP) is 7.52. The van der Waals surface area contributed by atoms with E-state index >= 15 is 0 Å². The minimum Gasteiger partial charge on any atom is -0.295 e. The number of unbranched alkanes of at least 4 members (excludes halogenated alkanes) is 1. The number of ketones is 3. The molecule has 164 valence electrons. The van der Waals surface area contributed by atoms with Gasteiger partial charge in [0, 0.05) is 29.5 Å². The van der Waals surface area contributed by atoms with Gasteiger partial charge < -0.3 is 0 Å². The van der Waals surface area contributed by atoms with Crippen molar-refractivity contribution in [1.29, 1.82) is 0 Å². The van der Waals surface area contributed by atoms with E-state index in [-0.39, 0.29) is 17.3 Å². The normalized spacial score (nSPS) is 9.53. The van der Waals surface area contributed by atoms with Crippen LogP contribution < -0.4 is 0 Å². The van der Waals surface area contributed by atoms with Crippen molar-refractivity contribution in [1.82, 2.24) is 0 Å². The minimum atomic E-state index is 0.0737. The summed E-state index contributed by atoms with van der Waals surface area (Å²) >= 11 is 0. The van der Waals surface area contributed by atoms with E-state index < -0.39 is 0 Å². The van der Waals surface area contributed by atoms with Crippen molar-refractivity contribution >= 4 is 17.3 Å². The molecule has 0 amide bonds. The molecule has 0 aliphatic carbocycles. The van der Waals surface area contributed by atoms with E-state index in [1.165, 1.54) is 5.56 Å². The second-order valence-corrected chi connectivity index (χ2v) is 6.63. The van der Waals surface area contributed by atoms with Gasteiger partial charge in [-0.2, -0.15) is 0 Å².